The summed E-state index contributed by atoms with van der Waals surface area (Å²) in [5, 5.41) is 0. The topological polar surface area (TPSA) is 37.4 Å². The van der Waals surface area contributed by atoms with Gasteiger partial charge in [0.25, 0.3) is 0 Å². The van der Waals surface area contributed by atoms with Gasteiger partial charge in [0.05, 0.1) is 11.5 Å². The van der Waals surface area contributed by atoms with Crippen LogP contribution in [0.5, 0.6) is 0 Å². The molecule has 0 radical (unpaired) electrons. The fraction of sp³-hybridized carbons (Fsp3) is 1.00. The Labute approximate surface area is 99.1 Å². The van der Waals surface area contributed by atoms with Gasteiger partial charge in [-0.1, -0.05) is 13.8 Å². The van der Waals surface area contributed by atoms with E-state index >= 15 is 0 Å². The van der Waals surface area contributed by atoms with Crippen LogP contribution in [0.4, 0.5) is 0 Å². The highest BCUT2D eigenvalue weighted by Gasteiger charge is 2.49. The molecule has 0 N–H and O–H groups in total. The molecule has 2 aliphatic heterocycles. The zero-order chi connectivity index (χ0) is 12.0. The number of piperidine rings is 1. The number of sulfone groups is 1. The fourth-order valence-electron chi connectivity index (χ4n) is 3.19. The predicted octanol–water partition coefficient (Wildman–Crippen LogP) is 1.54. The van der Waals surface area contributed by atoms with Gasteiger partial charge < -0.3 is 0 Å². The molecule has 0 atom stereocenters. The molecule has 0 saturated carbocycles. The van der Waals surface area contributed by atoms with Crippen LogP contribution in [0.25, 0.3) is 0 Å². The average Bonchev–Trinajstić information content (AvgIpc) is 2.14. The summed E-state index contributed by atoms with van der Waals surface area (Å²) < 4.78 is 22.6. The minimum Gasteiger partial charge on any atom is -0.296 e. The van der Waals surface area contributed by atoms with Gasteiger partial charge in [-0.2, -0.15) is 0 Å². The fourth-order valence-corrected chi connectivity index (χ4v) is 5.37. The third-order valence-electron chi connectivity index (χ3n) is 4.31. The first-order chi connectivity index (χ1) is 7.32. The number of hydrogen-bond donors (Lipinski definition) is 0. The van der Waals surface area contributed by atoms with Gasteiger partial charge in [0.1, 0.15) is 0 Å². The van der Waals surface area contributed by atoms with Crippen molar-refractivity contribution in [2.75, 3.05) is 24.6 Å². The molecule has 0 aliphatic carbocycles. The Bertz CT molecular complexity index is 341. The van der Waals surface area contributed by atoms with Gasteiger partial charge in [-0.15, -0.1) is 0 Å². The normalized spacial score (nSPS) is 30.2. The maximum atomic E-state index is 11.3. The second-order valence-electron chi connectivity index (χ2n) is 6.10. The lowest BCUT2D eigenvalue weighted by Gasteiger charge is -2.50. The lowest BCUT2D eigenvalue weighted by molar-refractivity contribution is 0.0703. The van der Waals surface area contributed by atoms with Crippen LogP contribution in [0.2, 0.25) is 0 Å². The van der Waals surface area contributed by atoms with E-state index in [-0.39, 0.29) is 5.54 Å². The van der Waals surface area contributed by atoms with Gasteiger partial charge in [0, 0.05) is 5.54 Å². The Kier molecular flexibility index (Phi) is 3.08. The first-order valence-electron chi connectivity index (χ1n) is 6.28. The molecular weight excluding hydrogens is 222 g/mol. The highest BCUT2D eigenvalue weighted by atomic mass is 32.2. The maximum absolute atomic E-state index is 11.3. The number of likely N-dealkylation sites (tertiary alicyclic amines) is 1. The van der Waals surface area contributed by atoms with E-state index < -0.39 is 9.84 Å². The summed E-state index contributed by atoms with van der Waals surface area (Å²) >= 11 is 0. The second kappa shape index (κ2) is 3.98. The van der Waals surface area contributed by atoms with Crippen molar-refractivity contribution in [2.24, 2.45) is 11.8 Å². The van der Waals surface area contributed by atoms with Crippen molar-refractivity contribution in [1.82, 2.24) is 4.90 Å². The summed E-state index contributed by atoms with van der Waals surface area (Å²) in [5.74, 6) is 2.33. The largest absolute Gasteiger partial charge is 0.296 e. The number of rotatable bonds is 2. The van der Waals surface area contributed by atoms with Gasteiger partial charge in [0.2, 0.25) is 0 Å². The van der Waals surface area contributed by atoms with Crippen LogP contribution < -0.4 is 0 Å². The van der Waals surface area contributed by atoms with Crippen molar-refractivity contribution in [2.45, 2.75) is 39.2 Å². The Balaban J connectivity index is 1.91. The minimum atomic E-state index is -2.71. The Morgan fingerprint density at radius 2 is 1.69 bits per heavy atom. The molecule has 0 aromatic heterocycles. The van der Waals surface area contributed by atoms with Gasteiger partial charge in [0.15, 0.2) is 9.84 Å². The Morgan fingerprint density at radius 1 is 1.19 bits per heavy atom. The zero-order valence-electron chi connectivity index (χ0n) is 10.6. The highest BCUT2D eigenvalue weighted by molar-refractivity contribution is 7.93. The van der Waals surface area contributed by atoms with Crippen LogP contribution in [0.15, 0.2) is 0 Å². The van der Waals surface area contributed by atoms with Gasteiger partial charge in [-0.3, -0.25) is 4.90 Å². The van der Waals surface area contributed by atoms with Crippen LogP contribution in [-0.4, -0.2) is 43.5 Å². The third kappa shape index (κ3) is 2.28. The summed E-state index contributed by atoms with van der Waals surface area (Å²) in [6.45, 7) is 8.83. The summed E-state index contributed by atoms with van der Waals surface area (Å²) in [7, 11) is -2.71. The number of nitrogens with zero attached hydrogens (tertiary/aromatic N) is 1. The first-order valence-corrected chi connectivity index (χ1v) is 8.10. The van der Waals surface area contributed by atoms with Gasteiger partial charge in [-0.05, 0) is 44.7 Å². The molecular formula is C12H23NO2S. The van der Waals surface area contributed by atoms with E-state index in [9.17, 15) is 8.42 Å². The van der Waals surface area contributed by atoms with E-state index in [0.717, 1.165) is 24.9 Å². The van der Waals surface area contributed by atoms with Gasteiger partial charge in [-0.25, -0.2) is 8.42 Å². The Hall–Kier alpha value is -0.0900. The van der Waals surface area contributed by atoms with Crippen molar-refractivity contribution in [3.8, 4) is 0 Å². The van der Waals surface area contributed by atoms with Crippen molar-refractivity contribution in [3.05, 3.63) is 0 Å². The second-order valence-corrected chi connectivity index (χ2v) is 8.16. The predicted molar refractivity (Wildman–Crippen MR) is 66.2 cm³/mol. The van der Waals surface area contributed by atoms with Crippen LogP contribution in [0, 0.1) is 11.8 Å². The summed E-state index contributed by atoms with van der Waals surface area (Å²) in [4.78, 5) is 2.40. The van der Waals surface area contributed by atoms with E-state index in [1.54, 1.807) is 0 Å². The molecule has 94 valence electrons. The monoisotopic (exact) mass is 245 g/mol. The maximum Gasteiger partial charge on any atom is 0.153 e. The summed E-state index contributed by atoms with van der Waals surface area (Å²) in [5.41, 5.74) is -0.0548. The molecule has 0 bridgehead atoms. The molecule has 0 unspecified atom stereocenters. The van der Waals surface area contributed by atoms with E-state index in [1.807, 2.05) is 0 Å². The molecule has 2 fully saturated rings. The molecule has 2 aliphatic rings. The minimum absolute atomic E-state index is 0.0548. The highest BCUT2D eigenvalue weighted by Crippen LogP contribution is 2.34. The molecule has 0 aromatic rings. The molecule has 0 spiro atoms. The lowest BCUT2D eigenvalue weighted by atomic mass is 9.85. The summed E-state index contributed by atoms with van der Waals surface area (Å²) in [6, 6.07) is 0. The molecule has 16 heavy (non-hydrogen) atoms. The van der Waals surface area contributed by atoms with E-state index in [2.05, 4.69) is 25.7 Å². The zero-order valence-corrected chi connectivity index (χ0v) is 11.4. The van der Waals surface area contributed by atoms with Crippen molar-refractivity contribution in [1.29, 1.82) is 0 Å². The van der Waals surface area contributed by atoms with Crippen molar-refractivity contribution in [3.63, 3.8) is 0 Å². The molecule has 3 nitrogen and oxygen atoms in total. The Morgan fingerprint density at radius 3 is 2.06 bits per heavy atom. The third-order valence-corrected chi connectivity index (χ3v) is 6.43. The standard InChI is InChI=1S/C12H23NO2S/c1-10(2)11-4-6-13(7-5-11)12(3)8-16(14,15)9-12/h10-11H,4-9H2,1-3H3. The quantitative estimate of drug-likeness (QED) is 0.740. The van der Waals surface area contributed by atoms with Crippen molar-refractivity contribution >= 4 is 9.84 Å². The lowest BCUT2D eigenvalue weighted by Crippen LogP contribution is -2.64. The molecule has 4 heteroatoms. The van der Waals surface area contributed by atoms with Crippen LogP contribution in [0.1, 0.15) is 33.6 Å². The van der Waals surface area contributed by atoms with E-state index in [0.29, 0.717) is 11.5 Å². The van der Waals surface area contributed by atoms with Gasteiger partial charge >= 0.3 is 0 Å². The molecule has 0 aromatic carbocycles. The van der Waals surface area contributed by atoms with Crippen LogP contribution >= 0.6 is 0 Å². The van der Waals surface area contributed by atoms with E-state index in [1.165, 1.54) is 12.8 Å². The first kappa shape index (κ1) is 12.4. The van der Waals surface area contributed by atoms with E-state index in [4.69, 9.17) is 0 Å². The smallest absolute Gasteiger partial charge is 0.153 e. The molecule has 2 saturated heterocycles. The molecule has 0 amide bonds. The van der Waals surface area contributed by atoms with Crippen LogP contribution in [-0.2, 0) is 9.84 Å². The van der Waals surface area contributed by atoms with Crippen LogP contribution in [0.3, 0.4) is 0 Å². The number of hydrogen-bond acceptors (Lipinski definition) is 3. The van der Waals surface area contributed by atoms with Crippen molar-refractivity contribution < 1.29 is 8.42 Å². The summed E-state index contributed by atoms with van der Waals surface area (Å²) in [6.07, 6.45) is 2.46. The molecule has 2 rings (SSSR count). The SMILES string of the molecule is CC(C)C1CCN(C2(C)CS(=O)(=O)C2)CC1. The average molecular weight is 245 g/mol. The molecule has 2 heterocycles.